The van der Waals surface area contributed by atoms with Crippen molar-refractivity contribution in [2.45, 2.75) is 38.3 Å². The molecule has 0 saturated carbocycles. The van der Waals surface area contributed by atoms with Gasteiger partial charge >= 0.3 is 0 Å². The third-order valence-electron chi connectivity index (χ3n) is 3.68. The number of rotatable bonds is 2. The second kappa shape index (κ2) is 4.31. The zero-order valence-electron chi connectivity index (χ0n) is 9.97. The van der Waals surface area contributed by atoms with E-state index in [4.69, 9.17) is 0 Å². The Labute approximate surface area is 106 Å². The van der Waals surface area contributed by atoms with Crippen LogP contribution in [0, 0.1) is 0 Å². The molecule has 2 nitrogen and oxygen atoms in total. The first-order valence-corrected chi connectivity index (χ1v) is 7.06. The van der Waals surface area contributed by atoms with Gasteiger partial charge in [0.15, 0.2) is 0 Å². The van der Waals surface area contributed by atoms with Crippen molar-refractivity contribution < 1.29 is 5.11 Å². The average molecular weight is 247 g/mol. The summed E-state index contributed by atoms with van der Waals surface area (Å²) >= 11 is 1.80. The van der Waals surface area contributed by atoms with Gasteiger partial charge in [-0.15, -0.1) is 11.3 Å². The standard InChI is InChI=1S/C14H17NOS/c1-10(14-6-3-9-17-14)15-8-7-11-12(15)4-2-5-13(11)16/h3,6-10,13,16H,2,4-5H2,1H3. The average Bonchev–Trinajstić information content (AvgIpc) is 2.98. The van der Waals surface area contributed by atoms with Gasteiger partial charge in [0, 0.05) is 22.3 Å². The molecule has 0 aromatic carbocycles. The molecule has 0 bridgehead atoms. The lowest BCUT2D eigenvalue weighted by Crippen LogP contribution is -2.14. The van der Waals surface area contributed by atoms with Crippen molar-refractivity contribution in [1.29, 1.82) is 0 Å². The van der Waals surface area contributed by atoms with E-state index in [9.17, 15) is 5.11 Å². The van der Waals surface area contributed by atoms with Gasteiger partial charge in [0.05, 0.1) is 12.1 Å². The number of nitrogens with zero attached hydrogens (tertiary/aromatic N) is 1. The van der Waals surface area contributed by atoms with Gasteiger partial charge in [-0.2, -0.15) is 0 Å². The van der Waals surface area contributed by atoms with Crippen LogP contribution >= 0.6 is 11.3 Å². The molecule has 2 aromatic heterocycles. The first kappa shape index (κ1) is 11.1. The van der Waals surface area contributed by atoms with Gasteiger partial charge < -0.3 is 9.67 Å². The monoisotopic (exact) mass is 247 g/mol. The van der Waals surface area contributed by atoms with Crippen molar-refractivity contribution in [3.63, 3.8) is 0 Å². The summed E-state index contributed by atoms with van der Waals surface area (Å²) in [5.74, 6) is 0. The fourth-order valence-electron chi connectivity index (χ4n) is 2.72. The molecule has 2 heterocycles. The summed E-state index contributed by atoms with van der Waals surface area (Å²) < 4.78 is 2.32. The summed E-state index contributed by atoms with van der Waals surface area (Å²) in [5.41, 5.74) is 2.46. The molecule has 1 N–H and O–H groups in total. The molecule has 0 saturated heterocycles. The summed E-state index contributed by atoms with van der Waals surface area (Å²) in [6, 6.07) is 6.75. The summed E-state index contributed by atoms with van der Waals surface area (Å²) in [5, 5.41) is 12.1. The summed E-state index contributed by atoms with van der Waals surface area (Å²) in [6.07, 6.45) is 4.97. The van der Waals surface area contributed by atoms with Crippen molar-refractivity contribution >= 4 is 11.3 Å². The summed E-state index contributed by atoms with van der Waals surface area (Å²) in [6.45, 7) is 2.23. The van der Waals surface area contributed by atoms with E-state index in [2.05, 4.69) is 41.3 Å². The van der Waals surface area contributed by atoms with E-state index in [1.54, 1.807) is 11.3 Å². The normalized spacial score (nSPS) is 21.2. The molecule has 2 aromatic rings. The third kappa shape index (κ3) is 1.83. The zero-order chi connectivity index (χ0) is 11.8. The molecular formula is C14H17NOS. The lowest BCUT2D eigenvalue weighted by atomic mass is 9.95. The van der Waals surface area contributed by atoms with E-state index in [0.29, 0.717) is 6.04 Å². The van der Waals surface area contributed by atoms with Crippen molar-refractivity contribution in [2.75, 3.05) is 0 Å². The second-order valence-corrected chi connectivity index (χ2v) is 5.70. The zero-order valence-corrected chi connectivity index (χ0v) is 10.8. The van der Waals surface area contributed by atoms with Crippen LogP contribution in [0.4, 0.5) is 0 Å². The maximum atomic E-state index is 9.98. The predicted molar refractivity (Wildman–Crippen MR) is 70.5 cm³/mol. The molecule has 3 heteroatoms. The highest BCUT2D eigenvalue weighted by Crippen LogP contribution is 2.34. The highest BCUT2D eigenvalue weighted by atomic mass is 32.1. The van der Waals surface area contributed by atoms with Gasteiger partial charge in [-0.1, -0.05) is 6.07 Å². The maximum absolute atomic E-state index is 9.98. The number of thiophene rings is 1. The van der Waals surface area contributed by atoms with Crippen LogP contribution in [0.3, 0.4) is 0 Å². The lowest BCUT2D eigenvalue weighted by Gasteiger charge is -2.23. The summed E-state index contributed by atoms with van der Waals surface area (Å²) in [4.78, 5) is 1.38. The number of hydrogen-bond donors (Lipinski definition) is 1. The van der Waals surface area contributed by atoms with E-state index in [-0.39, 0.29) is 6.10 Å². The summed E-state index contributed by atoms with van der Waals surface area (Å²) in [7, 11) is 0. The minimum Gasteiger partial charge on any atom is -0.388 e. The Hall–Kier alpha value is -1.06. The molecule has 17 heavy (non-hydrogen) atoms. The molecule has 2 unspecified atom stereocenters. The molecule has 0 amide bonds. The number of aliphatic hydroxyl groups excluding tert-OH is 1. The predicted octanol–water partition coefficient (Wildman–Crippen LogP) is 3.53. The molecule has 1 aliphatic carbocycles. The number of hydrogen-bond acceptors (Lipinski definition) is 2. The molecule has 3 rings (SSSR count). The molecule has 0 spiro atoms. The second-order valence-electron chi connectivity index (χ2n) is 4.72. The quantitative estimate of drug-likeness (QED) is 0.863. The highest BCUT2D eigenvalue weighted by molar-refractivity contribution is 7.10. The Morgan fingerprint density at radius 2 is 2.35 bits per heavy atom. The SMILES string of the molecule is CC(c1cccs1)n1ccc2c1CCCC2O. The third-order valence-corrected chi connectivity index (χ3v) is 4.72. The Morgan fingerprint density at radius 1 is 1.47 bits per heavy atom. The van der Waals surface area contributed by atoms with Gasteiger partial charge in [0.2, 0.25) is 0 Å². The van der Waals surface area contributed by atoms with Crippen LogP contribution in [-0.2, 0) is 6.42 Å². The molecule has 1 aliphatic rings. The van der Waals surface area contributed by atoms with Crippen molar-refractivity contribution in [3.8, 4) is 0 Å². The Balaban J connectivity index is 1.99. The van der Waals surface area contributed by atoms with Crippen LogP contribution in [0.2, 0.25) is 0 Å². The molecule has 0 radical (unpaired) electrons. The van der Waals surface area contributed by atoms with Crippen LogP contribution < -0.4 is 0 Å². The van der Waals surface area contributed by atoms with Gasteiger partial charge in [0.25, 0.3) is 0 Å². The molecular weight excluding hydrogens is 230 g/mol. The van der Waals surface area contributed by atoms with Crippen LogP contribution in [0.5, 0.6) is 0 Å². The Kier molecular flexibility index (Phi) is 2.81. The van der Waals surface area contributed by atoms with E-state index >= 15 is 0 Å². The van der Waals surface area contributed by atoms with E-state index in [0.717, 1.165) is 24.8 Å². The molecule has 90 valence electrons. The number of fused-ring (bicyclic) bond motifs is 1. The maximum Gasteiger partial charge on any atom is 0.0807 e. The van der Waals surface area contributed by atoms with E-state index < -0.39 is 0 Å². The minimum absolute atomic E-state index is 0.254. The van der Waals surface area contributed by atoms with Gasteiger partial charge in [-0.3, -0.25) is 0 Å². The Bertz CT molecular complexity index is 500. The van der Waals surface area contributed by atoms with Crippen molar-refractivity contribution in [3.05, 3.63) is 45.9 Å². The van der Waals surface area contributed by atoms with Crippen LogP contribution in [0.1, 0.15) is 48.0 Å². The fourth-order valence-corrected chi connectivity index (χ4v) is 3.50. The van der Waals surface area contributed by atoms with Crippen molar-refractivity contribution in [1.82, 2.24) is 4.57 Å². The number of aliphatic hydroxyl groups is 1. The first-order valence-electron chi connectivity index (χ1n) is 6.18. The number of aromatic nitrogens is 1. The molecule has 2 atom stereocenters. The molecule has 0 aliphatic heterocycles. The van der Waals surface area contributed by atoms with Crippen LogP contribution in [0.15, 0.2) is 29.8 Å². The van der Waals surface area contributed by atoms with Crippen LogP contribution in [0.25, 0.3) is 0 Å². The molecule has 0 fully saturated rings. The first-order chi connectivity index (χ1) is 8.27. The fraction of sp³-hybridized carbons (Fsp3) is 0.429. The van der Waals surface area contributed by atoms with Gasteiger partial charge in [-0.25, -0.2) is 0 Å². The largest absolute Gasteiger partial charge is 0.388 e. The smallest absolute Gasteiger partial charge is 0.0807 e. The van der Waals surface area contributed by atoms with Crippen molar-refractivity contribution in [2.24, 2.45) is 0 Å². The van der Waals surface area contributed by atoms with E-state index in [1.807, 2.05) is 0 Å². The Morgan fingerprint density at radius 3 is 3.12 bits per heavy atom. The minimum atomic E-state index is -0.254. The lowest BCUT2D eigenvalue weighted by molar-refractivity contribution is 0.155. The topological polar surface area (TPSA) is 25.2 Å². The van der Waals surface area contributed by atoms with Gasteiger partial charge in [-0.05, 0) is 43.7 Å². The van der Waals surface area contributed by atoms with Gasteiger partial charge in [0.1, 0.15) is 0 Å². The van der Waals surface area contributed by atoms with E-state index in [1.165, 1.54) is 10.6 Å². The highest BCUT2D eigenvalue weighted by Gasteiger charge is 2.23. The van der Waals surface area contributed by atoms with Crippen LogP contribution in [-0.4, -0.2) is 9.67 Å².